The van der Waals surface area contributed by atoms with E-state index in [1.807, 2.05) is 22.6 Å². The fourth-order valence-corrected chi connectivity index (χ4v) is 2.02. The first-order valence-electron chi connectivity index (χ1n) is 5.05. The molecule has 0 spiro atoms. The third kappa shape index (κ3) is 3.86. The molecule has 0 atom stereocenters. The van der Waals surface area contributed by atoms with Crippen molar-refractivity contribution < 1.29 is 18.3 Å². The maximum atomic E-state index is 12.7. The molecule has 1 heterocycles. The lowest BCUT2D eigenvalue weighted by Gasteiger charge is -2.10. The zero-order chi connectivity index (χ0) is 13.0. The summed E-state index contributed by atoms with van der Waals surface area (Å²) in [6.07, 6.45) is -2.64. The van der Waals surface area contributed by atoms with Gasteiger partial charge in [-0.2, -0.15) is 0 Å². The number of alkyl halides is 2. The molecule has 0 bridgehead atoms. The Morgan fingerprint density at radius 2 is 2.24 bits per heavy atom. The highest BCUT2D eigenvalue weighted by molar-refractivity contribution is 14.1. The van der Waals surface area contributed by atoms with Crippen LogP contribution in [-0.4, -0.2) is 17.6 Å². The lowest BCUT2D eigenvalue weighted by atomic mass is 10.1. The molecule has 0 amide bonds. The highest BCUT2D eigenvalue weighted by Crippen LogP contribution is 2.25. The van der Waals surface area contributed by atoms with Gasteiger partial charge in [-0.3, -0.25) is 4.79 Å². The average molecular weight is 355 g/mol. The predicted octanol–water partition coefficient (Wildman–Crippen LogP) is 3.04. The van der Waals surface area contributed by atoms with E-state index in [9.17, 15) is 13.6 Å². The molecule has 94 valence electrons. The number of halogens is 3. The van der Waals surface area contributed by atoms with E-state index in [1.54, 1.807) is 13.8 Å². The maximum absolute atomic E-state index is 12.7. The lowest BCUT2D eigenvalue weighted by Crippen LogP contribution is -2.12. The Hall–Kier alpha value is -0.790. The van der Waals surface area contributed by atoms with E-state index in [-0.39, 0.29) is 18.6 Å². The summed E-state index contributed by atoms with van der Waals surface area (Å²) in [6, 6.07) is 1.33. The molecule has 0 N–H and O–H groups in total. The van der Waals surface area contributed by atoms with Crippen molar-refractivity contribution in [2.24, 2.45) is 0 Å². The second-order valence-corrected chi connectivity index (χ2v) is 4.49. The number of hydrogen-bond acceptors (Lipinski definition) is 3. The number of pyridine rings is 1. The van der Waals surface area contributed by atoms with Crippen molar-refractivity contribution in [3.63, 3.8) is 0 Å². The Kier molecular flexibility index (Phi) is 5.23. The average Bonchev–Trinajstić information content (AvgIpc) is 2.22. The molecule has 0 aliphatic carbocycles. The number of esters is 1. The summed E-state index contributed by atoms with van der Waals surface area (Å²) in [5.41, 5.74) is 0.628. The van der Waals surface area contributed by atoms with Crippen LogP contribution in [0.25, 0.3) is 0 Å². The summed E-state index contributed by atoms with van der Waals surface area (Å²) in [5, 5.41) is 0. The van der Waals surface area contributed by atoms with Gasteiger partial charge in [-0.25, -0.2) is 13.8 Å². The van der Waals surface area contributed by atoms with Crippen molar-refractivity contribution in [1.29, 1.82) is 0 Å². The fourth-order valence-electron chi connectivity index (χ4n) is 1.40. The minimum Gasteiger partial charge on any atom is -0.466 e. The summed E-state index contributed by atoms with van der Waals surface area (Å²) in [4.78, 5) is 15.4. The van der Waals surface area contributed by atoms with Crippen molar-refractivity contribution in [3.05, 3.63) is 26.6 Å². The standard InChI is InChI=1S/C11H12F2INO2/c1-3-17-10(16)5-8-6(2)7(11(12)13)4-9(14)15-8/h4,11H,3,5H2,1-2H3. The minimum atomic E-state index is -2.56. The molecule has 0 radical (unpaired) electrons. The van der Waals surface area contributed by atoms with Gasteiger partial charge in [-0.05, 0) is 48.1 Å². The molecule has 0 fully saturated rings. The van der Waals surface area contributed by atoms with Gasteiger partial charge in [0.15, 0.2) is 0 Å². The summed E-state index contributed by atoms with van der Waals surface area (Å²) >= 11 is 1.85. The van der Waals surface area contributed by atoms with Gasteiger partial charge in [0.05, 0.1) is 18.7 Å². The van der Waals surface area contributed by atoms with Gasteiger partial charge in [0, 0.05) is 5.56 Å². The van der Waals surface area contributed by atoms with Gasteiger partial charge in [-0.15, -0.1) is 0 Å². The van der Waals surface area contributed by atoms with Gasteiger partial charge < -0.3 is 4.74 Å². The summed E-state index contributed by atoms with van der Waals surface area (Å²) in [5.74, 6) is -0.453. The number of carbonyl (C=O) groups excluding carboxylic acids is 1. The molecule has 1 aromatic rings. The van der Waals surface area contributed by atoms with Crippen molar-refractivity contribution in [1.82, 2.24) is 4.98 Å². The minimum absolute atomic E-state index is 0.0732. The lowest BCUT2D eigenvalue weighted by molar-refractivity contribution is -0.142. The van der Waals surface area contributed by atoms with E-state index >= 15 is 0 Å². The van der Waals surface area contributed by atoms with Crippen molar-refractivity contribution in [3.8, 4) is 0 Å². The van der Waals surface area contributed by atoms with E-state index < -0.39 is 12.4 Å². The molecule has 3 nitrogen and oxygen atoms in total. The van der Waals surface area contributed by atoms with Crippen molar-refractivity contribution in [2.45, 2.75) is 26.7 Å². The molecule has 6 heteroatoms. The van der Waals surface area contributed by atoms with E-state index in [1.165, 1.54) is 6.07 Å². The summed E-state index contributed by atoms with van der Waals surface area (Å²) in [7, 11) is 0. The van der Waals surface area contributed by atoms with Crippen LogP contribution < -0.4 is 0 Å². The molecule has 0 saturated carbocycles. The van der Waals surface area contributed by atoms with Crippen LogP contribution in [0.3, 0.4) is 0 Å². The molecule has 0 aliphatic heterocycles. The molecule has 0 unspecified atom stereocenters. The predicted molar refractivity (Wildman–Crippen MR) is 67.0 cm³/mol. The van der Waals surface area contributed by atoms with E-state index in [2.05, 4.69) is 4.98 Å². The smallest absolute Gasteiger partial charge is 0.311 e. The van der Waals surface area contributed by atoms with Gasteiger partial charge in [0.1, 0.15) is 3.70 Å². The van der Waals surface area contributed by atoms with Crippen LogP contribution in [0.1, 0.15) is 30.2 Å². The Morgan fingerprint density at radius 1 is 1.59 bits per heavy atom. The molecule has 17 heavy (non-hydrogen) atoms. The Labute approximate surface area is 112 Å². The SMILES string of the molecule is CCOC(=O)Cc1nc(I)cc(C(F)F)c1C. The highest BCUT2D eigenvalue weighted by atomic mass is 127. The molecule has 0 aromatic carbocycles. The van der Waals surface area contributed by atoms with Crippen LogP contribution in [0, 0.1) is 10.6 Å². The first-order chi connectivity index (χ1) is 7.95. The van der Waals surface area contributed by atoms with Gasteiger partial charge in [0.2, 0.25) is 0 Å². The monoisotopic (exact) mass is 355 g/mol. The van der Waals surface area contributed by atoms with Gasteiger partial charge in [-0.1, -0.05) is 0 Å². The summed E-state index contributed by atoms with van der Waals surface area (Å²) in [6.45, 7) is 3.50. The van der Waals surface area contributed by atoms with Crippen molar-refractivity contribution >= 4 is 28.6 Å². The zero-order valence-electron chi connectivity index (χ0n) is 9.47. The zero-order valence-corrected chi connectivity index (χ0v) is 11.6. The second kappa shape index (κ2) is 6.23. The molecule has 1 aromatic heterocycles. The fraction of sp³-hybridized carbons (Fsp3) is 0.455. The number of rotatable bonds is 4. The van der Waals surface area contributed by atoms with Crippen LogP contribution in [0.5, 0.6) is 0 Å². The largest absolute Gasteiger partial charge is 0.466 e. The first-order valence-corrected chi connectivity index (χ1v) is 6.13. The number of nitrogens with zero attached hydrogens (tertiary/aromatic N) is 1. The summed E-state index contributed by atoms with van der Waals surface area (Å²) < 4.78 is 30.7. The topological polar surface area (TPSA) is 39.2 Å². The number of aromatic nitrogens is 1. The highest BCUT2D eigenvalue weighted by Gasteiger charge is 2.17. The van der Waals surface area contributed by atoms with E-state index in [0.29, 0.717) is 15.0 Å². The molecule has 0 saturated heterocycles. The molecule has 0 aliphatic rings. The van der Waals surface area contributed by atoms with Crippen LogP contribution >= 0.6 is 22.6 Å². The normalized spacial score (nSPS) is 10.7. The van der Waals surface area contributed by atoms with Crippen LogP contribution in [0.4, 0.5) is 8.78 Å². The molecular formula is C11H12F2INO2. The number of ether oxygens (including phenoxy) is 1. The Balaban J connectivity index is 3.03. The van der Waals surface area contributed by atoms with Crippen LogP contribution in [0.2, 0.25) is 0 Å². The molecular weight excluding hydrogens is 343 g/mol. The Morgan fingerprint density at radius 3 is 2.76 bits per heavy atom. The first kappa shape index (κ1) is 14.3. The third-order valence-electron chi connectivity index (χ3n) is 2.23. The maximum Gasteiger partial charge on any atom is 0.311 e. The van der Waals surface area contributed by atoms with Gasteiger partial charge >= 0.3 is 5.97 Å². The van der Waals surface area contributed by atoms with Crippen molar-refractivity contribution in [2.75, 3.05) is 6.61 Å². The quantitative estimate of drug-likeness (QED) is 0.474. The molecule has 1 rings (SSSR count). The Bertz CT molecular complexity index is 424. The van der Waals surface area contributed by atoms with E-state index in [4.69, 9.17) is 4.74 Å². The van der Waals surface area contributed by atoms with Gasteiger partial charge in [0.25, 0.3) is 6.43 Å². The van der Waals surface area contributed by atoms with Crippen LogP contribution in [0.15, 0.2) is 6.07 Å². The number of carbonyl (C=O) groups is 1. The number of hydrogen-bond donors (Lipinski definition) is 0. The van der Waals surface area contributed by atoms with Crippen LogP contribution in [-0.2, 0) is 16.0 Å². The van der Waals surface area contributed by atoms with E-state index in [0.717, 1.165) is 0 Å². The third-order valence-corrected chi connectivity index (χ3v) is 2.79. The second-order valence-electron chi connectivity index (χ2n) is 3.39.